The van der Waals surface area contributed by atoms with Crippen LogP contribution in [0.1, 0.15) is 30.6 Å². The summed E-state index contributed by atoms with van der Waals surface area (Å²) in [4.78, 5) is 29.6. The summed E-state index contributed by atoms with van der Waals surface area (Å²) in [6.45, 7) is 4.86. The number of rotatable bonds is 3. The molecule has 0 saturated carbocycles. The van der Waals surface area contributed by atoms with E-state index in [0.717, 1.165) is 5.52 Å². The van der Waals surface area contributed by atoms with Gasteiger partial charge in [-0.25, -0.2) is 0 Å². The number of amides is 1. The van der Waals surface area contributed by atoms with E-state index in [0.29, 0.717) is 37.3 Å². The topological polar surface area (TPSA) is 75.5 Å². The van der Waals surface area contributed by atoms with E-state index in [2.05, 4.69) is 4.98 Å². The predicted octanol–water partition coefficient (Wildman–Crippen LogP) is 2.91. The highest BCUT2D eigenvalue weighted by Crippen LogP contribution is 2.32. The second-order valence-electron chi connectivity index (χ2n) is 5.98. The van der Waals surface area contributed by atoms with Crippen molar-refractivity contribution in [2.75, 3.05) is 19.7 Å². The Bertz CT molecular complexity index is 825. The van der Waals surface area contributed by atoms with Crippen LogP contribution in [0.25, 0.3) is 11.1 Å². The van der Waals surface area contributed by atoms with Gasteiger partial charge in [0.25, 0.3) is 10.7 Å². The Morgan fingerprint density at radius 2 is 2.26 bits per heavy atom. The van der Waals surface area contributed by atoms with E-state index < -0.39 is 5.41 Å². The number of nitrogens with one attached hydrogen (secondary N) is 1. The summed E-state index contributed by atoms with van der Waals surface area (Å²) < 4.78 is 10.5. The molecule has 1 amide bonds. The number of fused-ring (bicyclic) bond motifs is 1. The van der Waals surface area contributed by atoms with Crippen LogP contribution in [0, 0.1) is 10.3 Å². The Kier molecular flexibility index (Phi) is 3.97. The Morgan fingerprint density at radius 3 is 3.00 bits per heavy atom. The molecule has 1 aliphatic rings. The minimum absolute atomic E-state index is 0.123. The van der Waals surface area contributed by atoms with Crippen LogP contribution >= 0.6 is 12.2 Å². The van der Waals surface area contributed by atoms with Gasteiger partial charge in [0.2, 0.25) is 0 Å². The predicted molar refractivity (Wildman–Crippen MR) is 86.7 cm³/mol. The summed E-state index contributed by atoms with van der Waals surface area (Å²) in [5, 5.41) is 0. The summed E-state index contributed by atoms with van der Waals surface area (Å²) in [6.07, 6.45) is 0.602. The lowest BCUT2D eigenvalue weighted by molar-refractivity contribution is -0.153. The molecule has 7 heteroatoms. The van der Waals surface area contributed by atoms with Crippen LogP contribution in [0.3, 0.4) is 0 Å². The SMILES string of the molecule is CCOC(=O)[C@@]1(C)CCN(C(=O)c2ccc3[nH]c(=S)oc3c2)C1. The van der Waals surface area contributed by atoms with Crippen LogP contribution in [0.5, 0.6) is 0 Å². The van der Waals surface area contributed by atoms with Crippen molar-refractivity contribution in [2.24, 2.45) is 5.41 Å². The number of likely N-dealkylation sites (tertiary alicyclic amines) is 1. The number of carbonyl (C=O) groups excluding carboxylic acids is 2. The quantitative estimate of drug-likeness (QED) is 0.690. The van der Waals surface area contributed by atoms with Crippen LogP contribution in [-0.2, 0) is 9.53 Å². The molecule has 6 nitrogen and oxygen atoms in total. The van der Waals surface area contributed by atoms with Gasteiger partial charge in [-0.3, -0.25) is 9.59 Å². The normalized spacial score (nSPS) is 20.9. The maximum Gasteiger partial charge on any atom is 0.313 e. The van der Waals surface area contributed by atoms with Gasteiger partial charge in [0, 0.05) is 18.7 Å². The first-order valence-electron chi connectivity index (χ1n) is 7.52. The zero-order chi connectivity index (χ0) is 16.6. The maximum absolute atomic E-state index is 12.7. The van der Waals surface area contributed by atoms with Crippen molar-refractivity contribution in [1.29, 1.82) is 0 Å². The fourth-order valence-electron chi connectivity index (χ4n) is 2.87. The lowest BCUT2D eigenvalue weighted by Gasteiger charge is -2.22. The molecule has 0 radical (unpaired) electrons. The molecule has 2 heterocycles. The van der Waals surface area contributed by atoms with Crippen molar-refractivity contribution in [3.8, 4) is 0 Å². The Morgan fingerprint density at radius 1 is 1.48 bits per heavy atom. The average molecular weight is 334 g/mol. The molecule has 0 bridgehead atoms. The van der Waals surface area contributed by atoms with Crippen molar-refractivity contribution in [3.63, 3.8) is 0 Å². The third kappa shape index (κ3) is 2.88. The lowest BCUT2D eigenvalue weighted by atomic mass is 9.90. The Labute approximate surface area is 138 Å². The number of hydrogen-bond acceptors (Lipinski definition) is 5. The van der Waals surface area contributed by atoms with Crippen molar-refractivity contribution in [3.05, 3.63) is 28.6 Å². The standard InChI is InChI=1S/C16H18N2O4S/c1-3-21-14(20)16(2)6-7-18(9-16)13(19)10-4-5-11-12(8-10)22-15(23)17-11/h4-5,8H,3,6-7,9H2,1-2H3,(H,17,23)/t16-/m0/s1. The number of esters is 1. The number of benzene rings is 1. The van der Waals surface area contributed by atoms with Gasteiger partial charge in [-0.2, -0.15) is 0 Å². The molecule has 3 rings (SSSR count). The fourth-order valence-corrected chi connectivity index (χ4v) is 3.07. The van der Waals surface area contributed by atoms with Crippen LogP contribution in [0.15, 0.2) is 22.6 Å². The number of hydrogen-bond donors (Lipinski definition) is 1. The third-order valence-electron chi connectivity index (χ3n) is 4.20. The largest absolute Gasteiger partial charge is 0.466 e. The number of oxazole rings is 1. The minimum Gasteiger partial charge on any atom is -0.466 e. The smallest absolute Gasteiger partial charge is 0.313 e. The molecule has 1 aliphatic heterocycles. The summed E-state index contributed by atoms with van der Waals surface area (Å²) in [5.74, 6) is -0.371. The number of nitrogens with zero attached hydrogens (tertiary/aromatic N) is 1. The van der Waals surface area contributed by atoms with E-state index in [-0.39, 0.29) is 16.7 Å². The first-order valence-corrected chi connectivity index (χ1v) is 7.93. The number of aromatic nitrogens is 1. The summed E-state index contributed by atoms with van der Waals surface area (Å²) >= 11 is 4.94. The number of carbonyl (C=O) groups is 2. The molecule has 2 aromatic rings. The minimum atomic E-state index is -0.637. The highest BCUT2D eigenvalue weighted by atomic mass is 32.1. The Balaban J connectivity index is 1.80. The van der Waals surface area contributed by atoms with Crippen LogP contribution in [-0.4, -0.2) is 41.5 Å². The highest BCUT2D eigenvalue weighted by Gasteiger charge is 2.43. The van der Waals surface area contributed by atoms with E-state index in [1.54, 1.807) is 30.0 Å². The van der Waals surface area contributed by atoms with E-state index in [9.17, 15) is 9.59 Å². The van der Waals surface area contributed by atoms with Gasteiger partial charge in [-0.15, -0.1) is 0 Å². The molecule has 1 atom stereocenters. The van der Waals surface area contributed by atoms with Gasteiger partial charge < -0.3 is 19.0 Å². The van der Waals surface area contributed by atoms with Crippen molar-refractivity contribution in [2.45, 2.75) is 20.3 Å². The molecule has 1 fully saturated rings. The second kappa shape index (κ2) is 5.81. The van der Waals surface area contributed by atoms with Gasteiger partial charge in [0.1, 0.15) is 0 Å². The first kappa shape index (κ1) is 15.7. The van der Waals surface area contributed by atoms with Crippen LogP contribution in [0.2, 0.25) is 0 Å². The molecule has 1 N–H and O–H groups in total. The monoisotopic (exact) mass is 334 g/mol. The molecule has 1 aromatic carbocycles. The van der Waals surface area contributed by atoms with Gasteiger partial charge in [0.15, 0.2) is 5.58 Å². The Hall–Kier alpha value is -2.15. The van der Waals surface area contributed by atoms with E-state index in [1.807, 2.05) is 6.92 Å². The van der Waals surface area contributed by atoms with Gasteiger partial charge in [-0.05, 0) is 50.7 Å². The van der Waals surface area contributed by atoms with E-state index in [1.165, 1.54) is 0 Å². The molecular formula is C16H18N2O4S. The zero-order valence-electron chi connectivity index (χ0n) is 13.0. The van der Waals surface area contributed by atoms with Crippen molar-refractivity contribution in [1.82, 2.24) is 9.88 Å². The summed E-state index contributed by atoms with van der Waals surface area (Å²) in [6, 6.07) is 5.16. The van der Waals surface area contributed by atoms with Crippen molar-refractivity contribution < 1.29 is 18.7 Å². The lowest BCUT2D eigenvalue weighted by Crippen LogP contribution is -2.36. The van der Waals surface area contributed by atoms with E-state index in [4.69, 9.17) is 21.4 Å². The van der Waals surface area contributed by atoms with Gasteiger partial charge in [0.05, 0.1) is 17.5 Å². The number of H-pyrrole nitrogens is 1. The van der Waals surface area contributed by atoms with Crippen molar-refractivity contribution >= 4 is 35.2 Å². The third-order valence-corrected chi connectivity index (χ3v) is 4.38. The molecule has 1 aromatic heterocycles. The molecule has 23 heavy (non-hydrogen) atoms. The fraction of sp³-hybridized carbons (Fsp3) is 0.438. The van der Waals surface area contributed by atoms with Gasteiger partial charge in [-0.1, -0.05) is 0 Å². The number of aromatic amines is 1. The molecule has 0 spiro atoms. The highest BCUT2D eigenvalue weighted by molar-refractivity contribution is 7.71. The second-order valence-corrected chi connectivity index (χ2v) is 6.35. The molecule has 122 valence electrons. The van der Waals surface area contributed by atoms with Crippen LogP contribution < -0.4 is 0 Å². The average Bonchev–Trinajstić information content (AvgIpc) is 3.09. The summed E-state index contributed by atoms with van der Waals surface area (Å²) in [7, 11) is 0. The van der Waals surface area contributed by atoms with Crippen LogP contribution in [0.4, 0.5) is 0 Å². The molecular weight excluding hydrogens is 316 g/mol. The van der Waals surface area contributed by atoms with Gasteiger partial charge >= 0.3 is 5.97 Å². The number of ether oxygens (including phenoxy) is 1. The van der Waals surface area contributed by atoms with E-state index >= 15 is 0 Å². The summed E-state index contributed by atoms with van der Waals surface area (Å²) in [5.41, 5.74) is 1.18. The molecule has 0 unspecified atom stereocenters. The zero-order valence-corrected chi connectivity index (χ0v) is 13.9. The molecule has 0 aliphatic carbocycles. The first-order chi connectivity index (χ1) is 10.9. The maximum atomic E-state index is 12.7. The molecule has 1 saturated heterocycles.